The summed E-state index contributed by atoms with van der Waals surface area (Å²) in [6.07, 6.45) is -2.60. The summed E-state index contributed by atoms with van der Waals surface area (Å²) in [5.74, 6) is -1.28. The zero-order valence-corrected chi connectivity index (χ0v) is 8.57. The molecule has 1 aromatic carbocycles. The zero-order chi connectivity index (χ0) is 12.1. The predicted molar refractivity (Wildman–Crippen MR) is 55.4 cm³/mol. The summed E-state index contributed by atoms with van der Waals surface area (Å²) in [5, 5.41) is 8.64. The van der Waals surface area contributed by atoms with Crippen molar-refractivity contribution in [3.05, 3.63) is 35.4 Å². The van der Waals surface area contributed by atoms with Crippen LogP contribution in [0.25, 0.3) is 0 Å². The highest BCUT2D eigenvalue weighted by molar-refractivity contribution is 5.68. The van der Waals surface area contributed by atoms with Crippen LogP contribution >= 0.6 is 0 Å². The quantitative estimate of drug-likeness (QED) is 0.813. The van der Waals surface area contributed by atoms with Crippen LogP contribution in [0.3, 0.4) is 0 Å². The fraction of sp³-hybridized carbons (Fsp3) is 0.364. The molecule has 1 atom stereocenters. The fourth-order valence-electron chi connectivity index (χ4n) is 1.46. The molecule has 0 bridgehead atoms. The maximum absolute atomic E-state index is 12.3. The van der Waals surface area contributed by atoms with Crippen LogP contribution in [0.1, 0.15) is 29.9 Å². The van der Waals surface area contributed by atoms with Crippen LogP contribution in [0.2, 0.25) is 0 Å². The molecule has 0 spiro atoms. The maximum Gasteiger partial charge on any atom is 0.304 e. The highest BCUT2D eigenvalue weighted by Gasteiger charge is 2.14. The Morgan fingerprint density at radius 2 is 1.75 bits per heavy atom. The van der Waals surface area contributed by atoms with Gasteiger partial charge in [0, 0.05) is 11.5 Å². The number of nitrogens with two attached hydrogens (primary N) is 1. The van der Waals surface area contributed by atoms with Crippen molar-refractivity contribution in [1.82, 2.24) is 0 Å². The molecule has 0 saturated heterocycles. The van der Waals surface area contributed by atoms with Crippen LogP contribution in [-0.4, -0.2) is 17.6 Å². The molecule has 1 unspecified atom stereocenters. The van der Waals surface area contributed by atoms with Gasteiger partial charge >= 0.3 is 5.97 Å². The molecule has 0 aromatic heterocycles. The van der Waals surface area contributed by atoms with Gasteiger partial charge in [-0.2, -0.15) is 0 Å². The van der Waals surface area contributed by atoms with E-state index < -0.39 is 12.4 Å². The minimum Gasteiger partial charge on any atom is -0.481 e. The molecule has 0 radical (unpaired) electrons. The molecule has 0 aliphatic heterocycles. The third kappa shape index (κ3) is 3.27. The number of hydrogen-bond donors (Lipinski definition) is 2. The first kappa shape index (κ1) is 12.6. The zero-order valence-electron chi connectivity index (χ0n) is 8.57. The van der Waals surface area contributed by atoms with Gasteiger partial charge in [-0.15, -0.1) is 0 Å². The molecule has 0 saturated carbocycles. The first-order valence-electron chi connectivity index (χ1n) is 4.84. The topological polar surface area (TPSA) is 63.3 Å². The Morgan fingerprint density at radius 1 is 1.25 bits per heavy atom. The van der Waals surface area contributed by atoms with Gasteiger partial charge in [-0.3, -0.25) is 4.79 Å². The van der Waals surface area contributed by atoms with Gasteiger partial charge in [0.15, 0.2) is 0 Å². The van der Waals surface area contributed by atoms with Crippen LogP contribution in [0.5, 0.6) is 0 Å². The lowest BCUT2D eigenvalue weighted by Crippen LogP contribution is -2.16. The van der Waals surface area contributed by atoms with E-state index in [1.165, 1.54) is 24.3 Å². The minimum atomic E-state index is -2.51. The predicted octanol–water partition coefficient (Wildman–Crippen LogP) is 2.14. The van der Waals surface area contributed by atoms with Gasteiger partial charge < -0.3 is 10.8 Å². The van der Waals surface area contributed by atoms with Crippen molar-refractivity contribution < 1.29 is 18.7 Å². The van der Waals surface area contributed by atoms with Crippen LogP contribution in [0, 0.1) is 0 Å². The normalized spacial score (nSPS) is 12.8. The average molecular weight is 229 g/mol. The van der Waals surface area contributed by atoms with Crippen molar-refractivity contribution in [2.24, 2.45) is 5.73 Å². The van der Waals surface area contributed by atoms with Crippen molar-refractivity contribution in [3.63, 3.8) is 0 Å². The van der Waals surface area contributed by atoms with Crippen molar-refractivity contribution in [2.45, 2.75) is 18.8 Å². The molecule has 0 aliphatic rings. The van der Waals surface area contributed by atoms with Gasteiger partial charge in [0.25, 0.3) is 6.43 Å². The molecule has 1 rings (SSSR count). The second-order valence-corrected chi connectivity index (χ2v) is 3.50. The van der Waals surface area contributed by atoms with E-state index in [1.54, 1.807) is 0 Å². The number of benzene rings is 1. The monoisotopic (exact) mass is 229 g/mol. The summed E-state index contributed by atoms with van der Waals surface area (Å²) in [7, 11) is 0. The van der Waals surface area contributed by atoms with Crippen molar-refractivity contribution >= 4 is 5.97 Å². The molecular formula is C11H13F2NO2. The van der Waals surface area contributed by atoms with Crippen molar-refractivity contribution in [3.8, 4) is 0 Å². The maximum atomic E-state index is 12.3. The number of halogens is 2. The molecule has 0 heterocycles. The number of aliphatic carboxylic acids is 1. The molecule has 0 amide bonds. The number of carboxylic acids is 1. The second kappa shape index (κ2) is 5.55. The molecule has 0 aliphatic carbocycles. The van der Waals surface area contributed by atoms with Crippen molar-refractivity contribution in [2.75, 3.05) is 6.54 Å². The lowest BCUT2D eigenvalue weighted by molar-refractivity contribution is -0.137. The third-order valence-electron chi connectivity index (χ3n) is 2.37. The highest BCUT2D eigenvalue weighted by atomic mass is 19.3. The molecule has 3 N–H and O–H groups in total. The lowest BCUT2D eigenvalue weighted by Gasteiger charge is -2.13. The van der Waals surface area contributed by atoms with E-state index >= 15 is 0 Å². The summed E-state index contributed by atoms with van der Waals surface area (Å²) < 4.78 is 24.5. The Balaban J connectivity index is 2.82. The van der Waals surface area contributed by atoms with E-state index in [4.69, 9.17) is 10.8 Å². The van der Waals surface area contributed by atoms with E-state index in [1.807, 2.05) is 0 Å². The second-order valence-electron chi connectivity index (χ2n) is 3.50. The van der Waals surface area contributed by atoms with Gasteiger partial charge in [0.05, 0.1) is 6.42 Å². The van der Waals surface area contributed by atoms with Crippen LogP contribution in [0.15, 0.2) is 24.3 Å². The molecule has 3 nitrogen and oxygen atoms in total. The number of carboxylic acid groups (broad SMARTS) is 1. The largest absolute Gasteiger partial charge is 0.481 e. The number of alkyl halides is 2. The van der Waals surface area contributed by atoms with Gasteiger partial charge in [0.2, 0.25) is 0 Å². The SMILES string of the molecule is NCC(CC(=O)O)c1ccc(C(F)F)cc1. The van der Waals surface area contributed by atoms with Crippen LogP contribution in [-0.2, 0) is 4.79 Å². The van der Waals surface area contributed by atoms with Gasteiger partial charge in [0.1, 0.15) is 0 Å². The Hall–Kier alpha value is -1.49. The summed E-state index contributed by atoms with van der Waals surface area (Å²) in [6.45, 7) is 0.181. The van der Waals surface area contributed by atoms with Crippen LogP contribution < -0.4 is 5.73 Å². The van der Waals surface area contributed by atoms with Gasteiger partial charge in [-0.05, 0) is 12.1 Å². The Kier molecular flexibility index (Phi) is 4.37. The minimum absolute atomic E-state index is 0.0742. The van der Waals surface area contributed by atoms with Gasteiger partial charge in [-0.25, -0.2) is 8.78 Å². The summed E-state index contributed by atoms with van der Waals surface area (Å²) >= 11 is 0. The fourth-order valence-corrected chi connectivity index (χ4v) is 1.46. The molecule has 0 fully saturated rings. The molecule has 88 valence electrons. The van der Waals surface area contributed by atoms with Crippen molar-refractivity contribution in [1.29, 1.82) is 0 Å². The summed E-state index contributed by atoms with van der Waals surface area (Å²) in [6, 6.07) is 5.60. The smallest absolute Gasteiger partial charge is 0.304 e. The summed E-state index contributed by atoms with van der Waals surface area (Å²) in [5.41, 5.74) is 6.04. The molecule has 1 aromatic rings. The Morgan fingerprint density at radius 3 is 2.12 bits per heavy atom. The van der Waals surface area contributed by atoms with E-state index in [2.05, 4.69) is 0 Å². The molecule has 5 heteroatoms. The Labute approximate surface area is 91.9 Å². The number of rotatable bonds is 5. The van der Waals surface area contributed by atoms with Crippen LogP contribution in [0.4, 0.5) is 8.78 Å². The number of hydrogen-bond acceptors (Lipinski definition) is 2. The third-order valence-corrected chi connectivity index (χ3v) is 2.37. The highest BCUT2D eigenvalue weighted by Crippen LogP contribution is 2.23. The van der Waals surface area contributed by atoms with Gasteiger partial charge in [-0.1, -0.05) is 24.3 Å². The standard InChI is InChI=1S/C11H13F2NO2/c12-11(13)8-3-1-7(2-4-8)9(6-14)5-10(15)16/h1-4,9,11H,5-6,14H2,(H,15,16). The first-order valence-corrected chi connectivity index (χ1v) is 4.84. The Bertz CT molecular complexity index is 352. The first-order chi connectivity index (χ1) is 7.54. The molecule has 16 heavy (non-hydrogen) atoms. The van der Waals surface area contributed by atoms with E-state index in [0.717, 1.165) is 0 Å². The number of carbonyl (C=O) groups is 1. The molecular weight excluding hydrogens is 216 g/mol. The van der Waals surface area contributed by atoms with E-state index in [0.29, 0.717) is 5.56 Å². The van der Waals surface area contributed by atoms with E-state index in [9.17, 15) is 13.6 Å². The average Bonchev–Trinajstić information content (AvgIpc) is 2.25. The van der Waals surface area contributed by atoms with E-state index in [-0.39, 0.29) is 24.4 Å². The lowest BCUT2D eigenvalue weighted by atomic mass is 9.95. The summed E-state index contributed by atoms with van der Waals surface area (Å²) in [4.78, 5) is 10.5.